The third-order valence-corrected chi connectivity index (χ3v) is 8.40. The van der Waals surface area contributed by atoms with E-state index in [1.807, 2.05) is 6.92 Å². The standard InChI is InChI=1S/C30H23NO6S/c1-20-12-18-25(19-13-20)38(35,36)30-26(21-14-16-24(17-15-21)31(33)34)29(27(32)22-8-4-2-5-9-22)37-28(30)23-10-6-3-7-11-23/h2-19,26,29H,1H3/t26-,29+/m1/s1. The maximum Gasteiger partial charge on any atom is 0.269 e. The Hall–Kier alpha value is -4.56. The number of rotatable bonds is 7. The van der Waals surface area contributed by atoms with Crippen molar-refractivity contribution in [2.24, 2.45) is 0 Å². The summed E-state index contributed by atoms with van der Waals surface area (Å²) >= 11 is 0. The van der Waals surface area contributed by atoms with Gasteiger partial charge in [0.25, 0.3) is 5.69 Å². The second kappa shape index (κ2) is 10.1. The molecule has 0 spiro atoms. The molecule has 1 heterocycles. The Morgan fingerprint density at radius 1 is 0.816 bits per heavy atom. The normalized spacial score (nSPS) is 17.2. The maximum atomic E-state index is 14.2. The van der Waals surface area contributed by atoms with Crippen molar-refractivity contribution in [2.75, 3.05) is 0 Å². The molecule has 1 aliphatic rings. The lowest BCUT2D eigenvalue weighted by Crippen LogP contribution is -2.28. The van der Waals surface area contributed by atoms with Gasteiger partial charge in [0.1, 0.15) is 10.7 Å². The molecule has 2 atom stereocenters. The first-order valence-electron chi connectivity index (χ1n) is 11.9. The molecular formula is C30H23NO6S. The van der Waals surface area contributed by atoms with Crippen LogP contribution in [0.4, 0.5) is 5.69 Å². The fourth-order valence-electron chi connectivity index (χ4n) is 4.57. The molecule has 0 amide bonds. The molecule has 0 unspecified atom stereocenters. The van der Waals surface area contributed by atoms with Crippen LogP contribution in [0.25, 0.3) is 5.76 Å². The number of benzene rings is 4. The van der Waals surface area contributed by atoms with Crippen molar-refractivity contribution >= 4 is 27.1 Å². The predicted molar refractivity (Wildman–Crippen MR) is 143 cm³/mol. The van der Waals surface area contributed by atoms with Crippen molar-refractivity contribution < 1.29 is 22.9 Å². The monoisotopic (exact) mass is 525 g/mol. The minimum Gasteiger partial charge on any atom is -0.480 e. The minimum atomic E-state index is -4.16. The molecule has 0 fully saturated rings. The highest BCUT2D eigenvalue weighted by molar-refractivity contribution is 7.95. The minimum absolute atomic E-state index is 0.0595. The summed E-state index contributed by atoms with van der Waals surface area (Å²) in [5, 5.41) is 11.3. The van der Waals surface area contributed by atoms with Gasteiger partial charge in [-0.3, -0.25) is 14.9 Å². The Labute approximate surface area is 220 Å². The molecule has 1 aliphatic heterocycles. The lowest BCUT2D eigenvalue weighted by molar-refractivity contribution is -0.384. The molecule has 0 saturated heterocycles. The average molecular weight is 526 g/mol. The van der Waals surface area contributed by atoms with Gasteiger partial charge in [0.05, 0.1) is 15.7 Å². The Morgan fingerprint density at radius 2 is 1.39 bits per heavy atom. The largest absolute Gasteiger partial charge is 0.480 e. The van der Waals surface area contributed by atoms with Crippen molar-refractivity contribution in [1.82, 2.24) is 0 Å². The van der Waals surface area contributed by atoms with E-state index in [1.54, 1.807) is 72.8 Å². The molecular weight excluding hydrogens is 502 g/mol. The molecule has 0 saturated carbocycles. The van der Waals surface area contributed by atoms with Gasteiger partial charge < -0.3 is 4.74 Å². The Bertz CT molecular complexity index is 1630. The van der Waals surface area contributed by atoms with Gasteiger partial charge in [-0.1, -0.05) is 90.5 Å². The summed E-state index contributed by atoms with van der Waals surface area (Å²) in [5.74, 6) is -1.34. The van der Waals surface area contributed by atoms with Crippen LogP contribution in [0, 0.1) is 17.0 Å². The zero-order chi connectivity index (χ0) is 26.9. The number of aryl methyl sites for hydroxylation is 1. The van der Waals surface area contributed by atoms with E-state index in [2.05, 4.69) is 0 Å². The number of nitrogens with zero attached hydrogens (tertiary/aromatic N) is 1. The van der Waals surface area contributed by atoms with Crippen LogP contribution in [0.3, 0.4) is 0 Å². The molecule has 4 aromatic carbocycles. The topological polar surface area (TPSA) is 104 Å². The molecule has 8 heteroatoms. The van der Waals surface area contributed by atoms with Crippen LogP contribution in [0.15, 0.2) is 119 Å². The first kappa shape index (κ1) is 25.1. The van der Waals surface area contributed by atoms with E-state index < -0.39 is 32.6 Å². The number of sulfone groups is 1. The molecule has 0 bridgehead atoms. The van der Waals surface area contributed by atoms with Gasteiger partial charge >= 0.3 is 0 Å². The summed E-state index contributed by atoms with van der Waals surface area (Å²) in [5.41, 5.74) is 2.04. The van der Waals surface area contributed by atoms with E-state index in [9.17, 15) is 23.3 Å². The van der Waals surface area contributed by atoms with Gasteiger partial charge in [0.2, 0.25) is 15.6 Å². The Kier molecular flexibility index (Phi) is 6.65. The zero-order valence-corrected chi connectivity index (χ0v) is 21.2. The molecule has 0 aliphatic carbocycles. The second-order valence-electron chi connectivity index (χ2n) is 8.97. The van der Waals surface area contributed by atoms with Gasteiger partial charge in [0.15, 0.2) is 6.10 Å². The molecule has 4 aromatic rings. The summed E-state index contributed by atoms with van der Waals surface area (Å²) < 4.78 is 34.7. The van der Waals surface area contributed by atoms with Gasteiger partial charge in [-0.15, -0.1) is 0 Å². The molecule has 190 valence electrons. The predicted octanol–water partition coefficient (Wildman–Crippen LogP) is 6.11. The Balaban J connectivity index is 1.76. The summed E-state index contributed by atoms with van der Waals surface area (Å²) in [7, 11) is -4.16. The highest BCUT2D eigenvalue weighted by atomic mass is 32.2. The molecule has 5 rings (SSSR count). The van der Waals surface area contributed by atoms with Crippen molar-refractivity contribution in [3.63, 3.8) is 0 Å². The number of ketones is 1. The number of ether oxygens (including phenoxy) is 1. The fourth-order valence-corrected chi connectivity index (χ4v) is 6.32. The summed E-state index contributed by atoms with van der Waals surface area (Å²) in [4.78, 5) is 24.5. The molecule has 0 N–H and O–H groups in total. The van der Waals surface area contributed by atoms with Crippen molar-refractivity contribution in [1.29, 1.82) is 0 Å². The third-order valence-electron chi connectivity index (χ3n) is 6.49. The van der Waals surface area contributed by atoms with Gasteiger partial charge in [-0.25, -0.2) is 8.42 Å². The van der Waals surface area contributed by atoms with E-state index in [4.69, 9.17) is 4.74 Å². The highest BCUT2D eigenvalue weighted by Crippen LogP contribution is 2.48. The van der Waals surface area contributed by atoms with Crippen LogP contribution in [0.5, 0.6) is 0 Å². The number of carbonyl (C=O) groups excluding carboxylic acids is 1. The van der Waals surface area contributed by atoms with Crippen LogP contribution in [0.1, 0.15) is 33.0 Å². The highest BCUT2D eigenvalue weighted by Gasteiger charge is 2.48. The Morgan fingerprint density at radius 3 is 1.97 bits per heavy atom. The molecule has 38 heavy (non-hydrogen) atoms. The summed E-state index contributed by atoms with van der Waals surface area (Å²) in [6, 6.07) is 29.3. The number of hydrogen-bond donors (Lipinski definition) is 0. The number of nitro benzene ring substituents is 1. The van der Waals surface area contributed by atoms with Crippen molar-refractivity contribution in [2.45, 2.75) is 23.8 Å². The third kappa shape index (κ3) is 4.62. The van der Waals surface area contributed by atoms with Crippen LogP contribution in [-0.4, -0.2) is 25.2 Å². The summed E-state index contributed by atoms with van der Waals surface area (Å²) in [6.45, 7) is 1.86. The maximum absolute atomic E-state index is 14.2. The summed E-state index contributed by atoms with van der Waals surface area (Å²) in [6.07, 6.45) is -1.20. The quantitative estimate of drug-likeness (QED) is 0.164. The molecule has 7 nitrogen and oxygen atoms in total. The first-order valence-corrected chi connectivity index (χ1v) is 13.4. The zero-order valence-electron chi connectivity index (χ0n) is 20.4. The molecule has 0 aromatic heterocycles. The van der Waals surface area contributed by atoms with E-state index in [0.29, 0.717) is 16.7 Å². The van der Waals surface area contributed by atoms with E-state index >= 15 is 0 Å². The SMILES string of the molecule is Cc1ccc(S(=O)(=O)C2=C(c3ccccc3)O[C@H](C(=O)c3ccccc3)[C@H]2c2ccc([N+](=O)[O-])cc2)cc1. The smallest absolute Gasteiger partial charge is 0.269 e. The van der Waals surface area contributed by atoms with E-state index in [0.717, 1.165) is 5.56 Å². The lowest BCUT2D eigenvalue weighted by atomic mass is 9.89. The van der Waals surface area contributed by atoms with Crippen LogP contribution >= 0.6 is 0 Å². The van der Waals surface area contributed by atoms with Gasteiger partial charge in [-0.2, -0.15) is 0 Å². The number of carbonyl (C=O) groups is 1. The number of Topliss-reactive ketones (excluding diaryl/α,β-unsaturated/α-hetero) is 1. The van der Waals surface area contributed by atoms with Crippen molar-refractivity contribution in [3.05, 3.63) is 146 Å². The number of nitro groups is 1. The first-order chi connectivity index (χ1) is 18.3. The average Bonchev–Trinajstić information content (AvgIpc) is 3.35. The van der Waals surface area contributed by atoms with Crippen LogP contribution < -0.4 is 0 Å². The number of hydrogen-bond acceptors (Lipinski definition) is 6. The van der Waals surface area contributed by atoms with E-state index in [-0.39, 0.29) is 21.2 Å². The van der Waals surface area contributed by atoms with Crippen molar-refractivity contribution in [3.8, 4) is 0 Å². The van der Waals surface area contributed by atoms with Gasteiger partial charge in [0, 0.05) is 23.3 Å². The second-order valence-corrected chi connectivity index (χ2v) is 10.9. The van der Waals surface area contributed by atoms with E-state index in [1.165, 1.54) is 36.4 Å². The van der Waals surface area contributed by atoms with Crippen LogP contribution in [-0.2, 0) is 14.6 Å². The fraction of sp³-hybridized carbons (Fsp3) is 0.100. The van der Waals surface area contributed by atoms with Gasteiger partial charge in [-0.05, 0) is 24.6 Å². The van der Waals surface area contributed by atoms with Crippen LogP contribution in [0.2, 0.25) is 0 Å². The number of non-ortho nitro benzene ring substituents is 1. The molecule has 0 radical (unpaired) electrons. The lowest BCUT2D eigenvalue weighted by Gasteiger charge is -2.21.